The number of carbonyl (C=O) groups excluding carboxylic acids is 1. The molecule has 21 heavy (non-hydrogen) atoms. The van der Waals surface area contributed by atoms with E-state index < -0.39 is 0 Å². The van der Waals surface area contributed by atoms with Crippen LogP contribution in [0.2, 0.25) is 0 Å². The summed E-state index contributed by atoms with van der Waals surface area (Å²) < 4.78 is 6.42. The average Bonchev–Trinajstić information content (AvgIpc) is 2.86. The van der Waals surface area contributed by atoms with Gasteiger partial charge in [0.2, 0.25) is 0 Å². The zero-order valence-corrected chi connectivity index (χ0v) is 12.9. The van der Waals surface area contributed by atoms with Gasteiger partial charge in [0.25, 0.3) is 5.91 Å². The molecule has 5 nitrogen and oxygen atoms in total. The molecule has 2 heterocycles. The van der Waals surface area contributed by atoms with Gasteiger partial charge < -0.3 is 15.4 Å². The fraction of sp³-hybridized carbons (Fsp3) is 0.467. The van der Waals surface area contributed by atoms with Crippen molar-refractivity contribution < 1.29 is 9.53 Å². The number of nitrogen functional groups attached to an aromatic ring is 1. The maximum absolute atomic E-state index is 12.5. The number of amides is 1. The second-order valence-corrected chi connectivity index (χ2v) is 6.57. The van der Waals surface area contributed by atoms with Crippen LogP contribution in [0.1, 0.15) is 23.2 Å². The molecule has 1 unspecified atom stereocenters. The molecule has 0 bridgehead atoms. The summed E-state index contributed by atoms with van der Waals surface area (Å²) in [6.07, 6.45) is 2.21. The van der Waals surface area contributed by atoms with Gasteiger partial charge in [-0.2, -0.15) is 0 Å². The van der Waals surface area contributed by atoms with Crippen molar-refractivity contribution in [3.8, 4) is 0 Å². The van der Waals surface area contributed by atoms with E-state index in [0.29, 0.717) is 16.6 Å². The molecule has 112 valence electrons. The molecule has 1 atom stereocenters. The Hall–Kier alpha value is -1.66. The highest BCUT2D eigenvalue weighted by atomic mass is 32.1. The van der Waals surface area contributed by atoms with E-state index in [1.54, 1.807) is 4.90 Å². The van der Waals surface area contributed by atoms with E-state index in [1.165, 1.54) is 11.3 Å². The summed E-state index contributed by atoms with van der Waals surface area (Å²) >= 11 is 1.41. The van der Waals surface area contributed by atoms with E-state index in [2.05, 4.69) is 4.98 Å². The van der Waals surface area contributed by atoms with Crippen LogP contribution in [0.15, 0.2) is 18.2 Å². The van der Waals surface area contributed by atoms with Gasteiger partial charge in [0.1, 0.15) is 0 Å². The Kier molecular flexibility index (Phi) is 4.07. The molecule has 1 aliphatic heterocycles. The summed E-state index contributed by atoms with van der Waals surface area (Å²) in [6.45, 7) is 2.33. The molecule has 0 saturated carbocycles. The molecular formula is C15H19N3O2S. The maximum Gasteiger partial charge on any atom is 0.253 e. The molecule has 0 spiro atoms. The predicted octanol–water partition coefficient (Wildman–Crippen LogP) is 2.38. The van der Waals surface area contributed by atoms with Gasteiger partial charge in [-0.3, -0.25) is 4.79 Å². The monoisotopic (exact) mass is 305 g/mol. The number of nitrogens with two attached hydrogens (primary N) is 1. The van der Waals surface area contributed by atoms with Crippen LogP contribution >= 0.6 is 11.3 Å². The normalized spacial score (nSPS) is 18.8. The van der Waals surface area contributed by atoms with Gasteiger partial charge in [0.15, 0.2) is 5.13 Å². The number of rotatable bonds is 3. The molecule has 1 saturated heterocycles. The van der Waals surface area contributed by atoms with Crippen LogP contribution < -0.4 is 5.73 Å². The minimum atomic E-state index is 0.0365. The second-order valence-electron chi connectivity index (χ2n) is 5.50. The molecule has 1 aromatic carbocycles. The largest absolute Gasteiger partial charge is 0.381 e. The molecular weight excluding hydrogens is 286 g/mol. The average molecular weight is 305 g/mol. The van der Waals surface area contributed by atoms with Crippen LogP contribution in [0.25, 0.3) is 10.2 Å². The van der Waals surface area contributed by atoms with Gasteiger partial charge >= 0.3 is 0 Å². The first-order valence-electron chi connectivity index (χ1n) is 7.13. The lowest BCUT2D eigenvalue weighted by Crippen LogP contribution is -2.35. The number of fused-ring (bicyclic) bond motifs is 1. The molecule has 2 N–H and O–H groups in total. The topological polar surface area (TPSA) is 68.5 Å². The first-order valence-corrected chi connectivity index (χ1v) is 7.94. The summed E-state index contributed by atoms with van der Waals surface area (Å²) in [4.78, 5) is 18.5. The van der Waals surface area contributed by atoms with Gasteiger partial charge in [-0.1, -0.05) is 11.3 Å². The number of hydrogen-bond acceptors (Lipinski definition) is 5. The highest BCUT2D eigenvalue weighted by Gasteiger charge is 2.20. The first-order chi connectivity index (χ1) is 10.1. The third-order valence-corrected chi connectivity index (χ3v) is 4.63. The maximum atomic E-state index is 12.5. The van der Waals surface area contributed by atoms with Gasteiger partial charge in [0.05, 0.1) is 16.8 Å². The fourth-order valence-electron chi connectivity index (χ4n) is 2.72. The summed E-state index contributed by atoms with van der Waals surface area (Å²) in [6, 6.07) is 5.55. The number of anilines is 1. The lowest BCUT2D eigenvalue weighted by molar-refractivity contribution is 0.0388. The summed E-state index contributed by atoms with van der Waals surface area (Å²) in [7, 11) is 1.85. The van der Waals surface area contributed by atoms with Crippen molar-refractivity contribution in [2.24, 2.45) is 5.92 Å². The van der Waals surface area contributed by atoms with E-state index in [9.17, 15) is 4.79 Å². The molecule has 0 aliphatic carbocycles. The van der Waals surface area contributed by atoms with E-state index in [-0.39, 0.29) is 5.91 Å². The Morgan fingerprint density at radius 3 is 3.19 bits per heavy atom. The van der Waals surface area contributed by atoms with Crippen LogP contribution in [0, 0.1) is 5.92 Å². The molecule has 1 aromatic heterocycles. The first kappa shape index (κ1) is 14.3. The van der Waals surface area contributed by atoms with Gasteiger partial charge in [-0.05, 0) is 37.0 Å². The molecule has 2 aromatic rings. The van der Waals surface area contributed by atoms with E-state index in [1.807, 2.05) is 25.2 Å². The third kappa shape index (κ3) is 3.16. The Bertz CT molecular complexity index is 649. The standard InChI is InChI=1S/C15H19N3O2S/c1-18(8-10-3-2-6-20-9-10)14(19)11-4-5-12-13(7-11)21-15(16)17-12/h4-5,7,10H,2-3,6,8-9H2,1H3,(H2,16,17). The van der Waals surface area contributed by atoms with Crippen molar-refractivity contribution in [2.45, 2.75) is 12.8 Å². The van der Waals surface area contributed by atoms with Crippen LogP contribution in [-0.2, 0) is 4.74 Å². The number of aromatic nitrogens is 1. The second kappa shape index (κ2) is 5.99. The Balaban J connectivity index is 1.72. The van der Waals surface area contributed by atoms with Crippen LogP contribution in [0.5, 0.6) is 0 Å². The minimum Gasteiger partial charge on any atom is -0.381 e. The van der Waals surface area contributed by atoms with Crippen molar-refractivity contribution in [3.63, 3.8) is 0 Å². The Labute approximate surface area is 127 Å². The van der Waals surface area contributed by atoms with Crippen molar-refractivity contribution >= 4 is 32.6 Å². The molecule has 3 rings (SSSR count). The zero-order chi connectivity index (χ0) is 14.8. The van der Waals surface area contributed by atoms with Crippen LogP contribution in [0.4, 0.5) is 5.13 Å². The number of nitrogens with zero attached hydrogens (tertiary/aromatic N) is 2. The Morgan fingerprint density at radius 2 is 2.43 bits per heavy atom. The van der Waals surface area contributed by atoms with E-state index in [4.69, 9.17) is 10.5 Å². The SMILES string of the molecule is CN(CC1CCCOC1)C(=O)c1ccc2nc(N)sc2c1. The Morgan fingerprint density at radius 1 is 1.57 bits per heavy atom. The highest BCUT2D eigenvalue weighted by Crippen LogP contribution is 2.25. The molecule has 0 radical (unpaired) electrons. The quantitative estimate of drug-likeness (QED) is 0.945. The molecule has 1 amide bonds. The molecule has 6 heteroatoms. The summed E-state index contributed by atoms with van der Waals surface area (Å²) in [5.74, 6) is 0.477. The highest BCUT2D eigenvalue weighted by molar-refractivity contribution is 7.22. The van der Waals surface area contributed by atoms with E-state index >= 15 is 0 Å². The minimum absolute atomic E-state index is 0.0365. The lowest BCUT2D eigenvalue weighted by atomic mass is 10.0. The number of thiazole rings is 1. The lowest BCUT2D eigenvalue weighted by Gasteiger charge is -2.27. The predicted molar refractivity (Wildman–Crippen MR) is 84.5 cm³/mol. The van der Waals surface area contributed by atoms with Crippen molar-refractivity contribution in [1.82, 2.24) is 9.88 Å². The zero-order valence-electron chi connectivity index (χ0n) is 12.0. The fourth-order valence-corrected chi connectivity index (χ4v) is 3.49. The van der Waals surface area contributed by atoms with Crippen LogP contribution in [0.3, 0.4) is 0 Å². The third-order valence-electron chi connectivity index (χ3n) is 3.79. The number of benzene rings is 1. The van der Waals surface area contributed by atoms with Gasteiger partial charge in [-0.25, -0.2) is 4.98 Å². The smallest absolute Gasteiger partial charge is 0.253 e. The summed E-state index contributed by atoms with van der Waals surface area (Å²) in [5.41, 5.74) is 7.23. The summed E-state index contributed by atoms with van der Waals surface area (Å²) in [5, 5.41) is 0.530. The molecule has 1 fully saturated rings. The van der Waals surface area contributed by atoms with Crippen LogP contribution in [-0.4, -0.2) is 42.6 Å². The van der Waals surface area contributed by atoms with Crippen molar-refractivity contribution in [1.29, 1.82) is 0 Å². The number of hydrogen-bond donors (Lipinski definition) is 1. The van der Waals surface area contributed by atoms with Gasteiger partial charge in [-0.15, -0.1) is 0 Å². The number of ether oxygens (including phenoxy) is 1. The van der Waals surface area contributed by atoms with Gasteiger partial charge in [0, 0.05) is 25.8 Å². The number of carbonyl (C=O) groups is 1. The van der Waals surface area contributed by atoms with Crippen molar-refractivity contribution in [3.05, 3.63) is 23.8 Å². The van der Waals surface area contributed by atoms with Crippen molar-refractivity contribution in [2.75, 3.05) is 32.5 Å². The van der Waals surface area contributed by atoms with E-state index in [0.717, 1.165) is 42.8 Å². The molecule has 1 aliphatic rings.